The number of nitrogens with zero attached hydrogens (tertiary/aromatic N) is 3. The maximum Gasteiger partial charge on any atom is 0.118 e. The molecule has 0 saturated carbocycles. The summed E-state index contributed by atoms with van der Waals surface area (Å²) in [6.07, 6.45) is 0.799. The molecule has 3 aromatic carbocycles. The minimum Gasteiger partial charge on any atom is -0.497 e. The molecule has 1 unspecified atom stereocenters. The number of anilines is 1. The molecule has 4 nitrogen and oxygen atoms in total. The van der Waals surface area contributed by atoms with Crippen molar-refractivity contribution in [3.8, 4) is 11.8 Å². The maximum absolute atomic E-state index is 9.06. The van der Waals surface area contributed by atoms with E-state index in [1.54, 1.807) is 7.11 Å². The first-order valence-electron chi connectivity index (χ1n) is 8.85. The lowest BCUT2D eigenvalue weighted by Gasteiger charge is -2.24. The number of benzene rings is 3. The standard InChI is InChI=1S/C23H19N3O/c1-27-21-13-11-18(12-14-21)22-15-23(19-9-7-17(16-24)8-10-19)26(25-22)20-5-3-2-4-6-20/h2-14,23H,15H2,1H3. The van der Waals surface area contributed by atoms with Gasteiger partial charge < -0.3 is 4.74 Å². The molecule has 0 N–H and O–H groups in total. The SMILES string of the molecule is COc1ccc(C2=NN(c3ccccc3)C(c3ccc(C#N)cc3)C2)cc1. The fraction of sp³-hybridized carbons (Fsp3) is 0.130. The average molecular weight is 353 g/mol. The molecule has 27 heavy (non-hydrogen) atoms. The molecule has 4 heteroatoms. The van der Waals surface area contributed by atoms with E-state index < -0.39 is 0 Å². The zero-order chi connectivity index (χ0) is 18.6. The first-order chi connectivity index (χ1) is 13.3. The third-order valence-corrected chi connectivity index (χ3v) is 4.78. The molecule has 0 spiro atoms. The molecule has 0 bridgehead atoms. The molecule has 0 saturated heterocycles. The highest BCUT2D eigenvalue weighted by molar-refractivity contribution is 6.03. The summed E-state index contributed by atoms with van der Waals surface area (Å²) < 4.78 is 5.26. The van der Waals surface area contributed by atoms with Gasteiger partial charge in [-0.25, -0.2) is 0 Å². The van der Waals surface area contributed by atoms with Gasteiger partial charge in [0.15, 0.2) is 0 Å². The van der Waals surface area contributed by atoms with Gasteiger partial charge in [-0.2, -0.15) is 10.4 Å². The van der Waals surface area contributed by atoms with Crippen LogP contribution in [0.25, 0.3) is 0 Å². The Kier molecular flexibility index (Phi) is 4.59. The van der Waals surface area contributed by atoms with Crippen molar-refractivity contribution in [3.63, 3.8) is 0 Å². The second kappa shape index (κ2) is 7.35. The zero-order valence-corrected chi connectivity index (χ0v) is 15.0. The number of hydrogen-bond donors (Lipinski definition) is 0. The van der Waals surface area contributed by atoms with E-state index in [1.807, 2.05) is 66.7 Å². The highest BCUT2D eigenvalue weighted by atomic mass is 16.5. The summed E-state index contributed by atoms with van der Waals surface area (Å²) in [5.74, 6) is 0.834. The first-order valence-corrected chi connectivity index (χ1v) is 8.85. The molecule has 3 aromatic rings. The Hall–Kier alpha value is -3.58. The van der Waals surface area contributed by atoms with Crippen molar-refractivity contribution in [1.29, 1.82) is 5.26 Å². The molecule has 1 aliphatic heterocycles. The Balaban J connectivity index is 1.71. The van der Waals surface area contributed by atoms with Gasteiger partial charge in [-0.15, -0.1) is 0 Å². The Morgan fingerprint density at radius 1 is 0.963 bits per heavy atom. The number of nitriles is 1. The number of methoxy groups -OCH3 is 1. The van der Waals surface area contributed by atoms with Crippen molar-refractivity contribution in [2.75, 3.05) is 12.1 Å². The van der Waals surface area contributed by atoms with Gasteiger partial charge in [0.05, 0.1) is 36.2 Å². The van der Waals surface area contributed by atoms with Crippen LogP contribution in [0.4, 0.5) is 5.69 Å². The van der Waals surface area contributed by atoms with E-state index in [1.165, 1.54) is 0 Å². The minimum atomic E-state index is 0.0947. The number of hydrogen-bond acceptors (Lipinski definition) is 4. The van der Waals surface area contributed by atoms with Gasteiger partial charge in [0.2, 0.25) is 0 Å². The van der Waals surface area contributed by atoms with E-state index in [0.29, 0.717) is 5.56 Å². The van der Waals surface area contributed by atoms with Gasteiger partial charge in [0.1, 0.15) is 5.75 Å². The third kappa shape index (κ3) is 3.40. The average Bonchev–Trinajstić information content (AvgIpc) is 3.20. The lowest BCUT2D eigenvalue weighted by atomic mass is 9.97. The lowest BCUT2D eigenvalue weighted by Crippen LogP contribution is -2.18. The van der Waals surface area contributed by atoms with Crippen LogP contribution in [0.3, 0.4) is 0 Å². The third-order valence-electron chi connectivity index (χ3n) is 4.78. The van der Waals surface area contributed by atoms with Crippen molar-refractivity contribution >= 4 is 11.4 Å². The second-order valence-electron chi connectivity index (χ2n) is 6.41. The van der Waals surface area contributed by atoms with E-state index in [4.69, 9.17) is 15.1 Å². The van der Waals surface area contributed by atoms with Crippen LogP contribution in [0.15, 0.2) is 84.0 Å². The van der Waals surface area contributed by atoms with E-state index in [9.17, 15) is 0 Å². The summed E-state index contributed by atoms with van der Waals surface area (Å²) in [5, 5.41) is 16.1. The van der Waals surface area contributed by atoms with E-state index >= 15 is 0 Å². The van der Waals surface area contributed by atoms with Crippen LogP contribution in [0, 0.1) is 11.3 Å². The predicted octanol–water partition coefficient (Wildman–Crippen LogP) is 4.92. The predicted molar refractivity (Wildman–Crippen MR) is 107 cm³/mol. The first kappa shape index (κ1) is 16.9. The fourth-order valence-electron chi connectivity index (χ4n) is 3.33. The number of para-hydroxylation sites is 1. The van der Waals surface area contributed by atoms with Crippen LogP contribution >= 0.6 is 0 Å². The Morgan fingerprint density at radius 2 is 1.67 bits per heavy atom. The maximum atomic E-state index is 9.06. The monoisotopic (exact) mass is 353 g/mol. The fourth-order valence-corrected chi connectivity index (χ4v) is 3.33. The molecule has 1 atom stereocenters. The van der Waals surface area contributed by atoms with Crippen molar-refractivity contribution in [2.24, 2.45) is 5.10 Å². The summed E-state index contributed by atoms with van der Waals surface area (Å²) in [4.78, 5) is 0. The van der Waals surface area contributed by atoms with Crippen molar-refractivity contribution in [1.82, 2.24) is 0 Å². The number of hydrazone groups is 1. The van der Waals surface area contributed by atoms with E-state index in [0.717, 1.165) is 34.7 Å². The number of ether oxygens (including phenoxy) is 1. The minimum absolute atomic E-state index is 0.0947. The summed E-state index contributed by atoms with van der Waals surface area (Å²) >= 11 is 0. The second-order valence-corrected chi connectivity index (χ2v) is 6.41. The molecule has 0 amide bonds. The molecule has 0 aromatic heterocycles. The smallest absolute Gasteiger partial charge is 0.118 e. The van der Waals surface area contributed by atoms with Crippen LogP contribution in [0.2, 0.25) is 0 Å². The van der Waals surface area contributed by atoms with Gasteiger partial charge in [0, 0.05) is 6.42 Å². The Labute approximate surface area is 158 Å². The molecule has 132 valence electrons. The largest absolute Gasteiger partial charge is 0.497 e. The lowest BCUT2D eigenvalue weighted by molar-refractivity contribution is 0.415. The highest BCUT2D eigenvalue weighted by Gasteiger charge is 2.29. The van der Waals surface area contributed by atoms with E-state index in [-0.39, 0.29) is 6.04 Å². The van der Waals surface area contributed by atoms with Crippen LogP contribution in [0.1, 0.15) is 29.2 Å². The van der Waals surface area contributed by atoms with Crippen LogP contribution < -0.4 is 9.75 Å². The van der Waals surface area contributed by atoms with Crippen LogP contribution in [-0.4, -0.2) is 12.8 Å². The van der Waals surface area contributed by atoms with Gasteiger partial charge in [-0.3, -0.25) is 5.01 Å². The summed E-state index contributed by atoms with van der Waals surface area (Å²) in [5.41, 5.74) is 4.99. The highest BCUT2D eigenvalue weighted by Crippen LogP contribution is 2.36. The van der Waals surface area contributed by atoms with Gasteiger partial charge >= 0.3 is 0 Å². The Bertz CT molecular complexity index is 987. The molecule has 1 aliphatic rings. The summed E-state index contributed by atoms with van der Waals surface area (Å²) in [6, 6.07) is 28.2. The van der Waals surface area contributed by atoms with Gasteiger partial charge in [-0.05, 0) is 59.7 Å². The molecule has 0 aliphatic carbocycles. The molecular weight excluding hydrogens is 334 g/mol. The van der Waals surface area contributed by atoms with E-state index in [2.05, 4.69) is 23.2 Å². The molecule has 1 heterocycles. The quantitative estimate of drug-likeness (QED) is 0.669. The summed E-state index contributed by atoms with van der Waals surface area (Å²) in [7, 11) is 1.67. The van der Waals surface area contributed by atoms with Gasteiger partial charge in [-0.1, -0.05) is 30.3 Å². The van der Waals surface area contributed by atoms with Crippen LogP contribution in [-0.2, 0) is 0 Å². The molecule has 0 radical (unpaired) electrons. The van der Waals surface area contributed by atoms with Crippen molar-refractivity contribution in [3.05, 3.63) is 95.6 Å². The molecule has 0 fully saturated rings. The molecule has 4 rings (SSSR count). The normalized spacial score (nSPS) is 15.9. The zero-order valence-electron chi connectivity index (χ0n) is 15.0. The van der Waals surface area contributed by atoms with Gasteiger partial charge in [0.25, 0.3) is 0 Å². The van der Waals surface area contributed by atoms with Crippen LogP contribution in [0.5, 0.6) is 5.75 Å². The van der Waals surface area contributed by atoms with Crippen molar-refractivity contribution in [2.45, 2.75) is 12.5 Å². The summed E-state index contributed by atoms with van der Waals surface area (Å²) in [6.45, 7) is 0. The molecular formula is C23H19N3O. The van der Waals surface area contributed by atoms with Crippen molar-refractivity contribution < 1.29 is 4.74 Å². The number of rotatable bonds is 4. The topological polar surface area (TPSA) is 48.6 Å². The Morgan fingerprint density at radius 3 is 2.30 bits per heavy atom.